The molecule has 0 heterocycles. The number of phenols is 1. The summed E-state index contributed by atoms with van der Waals surface area (Å²) in [5.41, 5.74) is 0.363. The molecule has 10 heteroatoms. The van der Waals surface area contributed by atoms with Crippen molar-refractivity contribution in [3.63, 3.8) is 0 Å². The summed E-state index contributed by atoms with van der Waals surface area (Å²) in [6.45, 7) is 1.54. The van der Waals surface area contributed by atoms with Gasteiger partial charge >= 0.3 is 10.1 Å². The van der Waals surface area contributed by atoms with Crippen molar-refractivity contribution in [2.45, 2.75) is 11.8 Å². The lowest BCUT2D eigenvalue weighted by Crippen LogP contribution is -2.15. The fourth-order valence-corrected chi connectivity index (χ4v) is 3.00. The first-order valence-electron chi connectivity index (χ1n) is 4.86. The van der Waals surface area contributed by atoms with E-state index >= 15 is 0 Å². The van der Waals surface area contributed by atoms with E-state index in [4.69, 9.17) is 21.0 Å². The quantitative estimate of drug-likeness (QED) is 0.257. The zero-order chi connectivity index (χ0) is 14.5. The van der Waals surface area contributed by atoms with E-state index in [1.54, 1.807) is 0 Å². The van der Waals surface area contributed by atoms with Gasteiger partial charge in [0.15, 0.2) is 11.5 Å². The zero-order valence-electron chi connectivity index (χ0n) is 9.70. The number of hydrogen-bond acceptors (Lipinski definition) is 8. The van der Waals surface area contributed by atoms with Crippen molar-refractivity contribution in [3.8, 4) is 11.5 Å². The Hall–Kier alpha value is -0.710. The molecule has 0 aliphatic rings. The molecule has 108 valence electrons. The summed E-state index contributed by atoms with van der Waals surface area (Å²) in [5.74, 6) is -1.05. The maximum atomic E-state index is 11.5. The van der Waals surface area contributed by atoms with Crippen LogP contribution < -0.4 is 4.18 Å². The van der Waals surface area contributed by atoms with Crippen LogP contribution in [0.15, 0.2) is 17.0 Å². The molecule has 1 aromatic rings. The number of aromatic hydroxyl groups is 1. The molecule has 0 atom stereocenters. The fourth-order valence-electron chi connectivity index (χ4n) is 1.20. The molecule has 0 radical (unpaired) electrons. The third-order valence-electron chi connectivity index (χ3n) is 1.93. The maximum absolute atomic E-state index is 11.5. The summed E-state index contributed by atoms with van der Waals surface area (Å²) in [4.78, 5) is 0.381. The molecule has 0 amide bonds. The Morgan fingerprint density at radius 3 is 2.63 bits per heavy atom. The Morgan fingerprint density at radius 1 is 1.42 bits per heavy atom. The summed E-state index contributed by atoms with van der Waals surface area (Å²) >= 11 is 5.96. The van der Waals surface area contributed by atoms with Crippen molar-refractivity contribution in [2.24, 2.45) is 0 Å². The molecule has 0 aliphatic heterocycles. The Balaban J connectivity index is 2.97. The van der Waals surface area contributed by atoms with Crippen LogP contribution in [0.25, 0.3) is 0 Å². The van der Waals surface area contributed by atoms with Gasteiger partial charge < -0.3 is 9.29 Å². The Bertz CT molecular complexity index is 508. The number of rotatable bonds is 7. The largest absolute Gasteiger partial charge is 0.504 e. The van der Waals surface area contributed by atoms with Crippen molar-refractivity contribution in [1.29, 1.82) is 0 Å². The van der Waals surface area contributed by atoms with E-state index < -0.39 is 10.1 Å². The van der Waals surface area contributed by atoms with Crippen LogP contribution in [-0.4, -0.2) is 30.4 Å². The number of hydrogen-bond donors (Lipinski definition) is 2. The normalized spacial score (nSPS) is 11.5. The SMILES string of the molecule is Cc1cc(SOOO)cc(O)c1OS(=O)(=O)CCCl. The summed E-state index contributed by atoms with van der Waals surface area (Å²) in [7, 11) is -3.85. The Kier molecular flexibility index (Phi) is 6.17. The minimum atomic E-state index is -3.85. The lowest BCUT2D eigenvalue weighted by Gasteiger charge is -2.11. The van der Waals surface area contributed by atoms with Gasteiger partial charge in [0.2, 0.25) is 0 Å². The highest BCUT2D eigenvalue weighted by Crippen LogP contribution is 2.36. The summed E-state index contributed by atoms with van der Waals surface area (Å²) in [5, 5.41) is 21.1. The molecule has 1 rings (SSSR count). The second kappa shape index (κ2) is 7.17. The first-order chi connectivity index (χ1) is 8.89. The second-order valence-electron chi connectivity index (χ2n) is 3.35. The maximum Gasteiger partial charge on any atom is 0.310 e. The number of alkyl halides is 1. The molecule has 0 saturated carbocycles. The van der Waals surface area contributed by atoms with E-state index in [2.05, 4.69) is 9.37 Å². The van der Waals surface area contributed by atoms with Crippen LogP contribution in [-0.2, 0) is 19.5 Å². The molecule has 0 spiro atoms. The molecular weight excluding hydrogens is 320 g/mol. The highest BCUT2D eigenvalue weighted by atomic mass is 35.5. The molecule has 0 aliphatic carbocycles. The fraction of sp³-hybridized carbons (Fsp3) is 0.333. The van der Waals surface area contributed by atoms with Crippen LogP contribution in [0.1, 0.15) is 5.56 Å². The topological polar surface area (TPSA) is 102 Å². The molecule has 0 unspecified atom stereocenters. The van der Waals surface area contributed by atoms with Crippen LogP contribution in [0.2, 0.25) is 0 Å². The number of benzene rings is 1. The highest BCUT2D eigenvalue weighted by Gasteiger charge is 2.18. The van der Waals surface area contributed by atoms with Gasteiger partial charge in [0.1, 0.15) is 0 Å². The molecule has 1 aromatic carbocycles. The predicted octanol–water partition coefficient (Wildman–Crippen LogP) is 2.08. The van der Waals surface area contributed by atoms with Crippen LogP contribution in [0.3, 0.4) is 0 Å². The van der Waals surface area contributed by atoms with Crippen LogP contribution in [0.5, 0.6) is 11.5 Å². The second-order valence-corrected chi connectivity index (χ2v) is 6.19. The first kappa shape index (κ1) is 16.3. The van der Waals surface area contributed by atoms with E-state index in [0.29, 0.717) is 22.5 Å². The van der Waals surface area contributed by atoms with Crippen LogP contribution in [0, 0.1) is 6.92 Å². The molecule has 0 bridgehead atoms. The lowest BCUT2D eigenvalue weighted by molar-refractivity contribution is -0.432. The van der Waals surface area contributed by atoms with Crippen molar-refractivity contribution in [1.82, 2.24) is 0 Å². The molecule has 7 nitrogen and oxygen atoms in total. The lowest BCUT2D eigenvalue weighted by atomic mass is 10.2. The van der Waals surface area contributed by atoms with E-state index in [9.17, 15) is 13.5 Å². The van der Waals surface area contributed by atoms with Gasteiger partial charge in [0, 0.05) is 10.8 Å². The summed E-state index contributed by atoms with van der Waals surface area (Å²) < 4.78 is 31.9. The Labute approximate surface area is 119 Å². The average Bonchev–Trinajstić information content (AvgIpc) is 2.31. The zero-order valence-corrected chi connectivity index (χ0v) is 12.1. The van der Waals surface area contributed by atoms with Crippen molar-refractivity contribution >= 4 is 33.8 Å². The van der Waals surface area contributed by atoms with E-state index in [-0.39, 0.29) is 23.1 Å². The molecule has 0 saturated heterocycles. The first-order valence-corrected chi connectivity index (χ1v) is 7.71. The van der Waals surface area contributed by atoms with Gasteiger partial charge in [-0.3, -0.25) is 0 Å². The van der Waals surface area contributed by atoms with Gasteiger partial charge in [0.25, 0.3) is 0 Å². The third-order valence-corrected chi connectivity index (χ3v) is 4.02. The van der Waals surface area contributed by atoms with Crippen molar-refractivity contribution in [2.75, 3.05) is 11.6 Å². The minimum Gasteiger partial charge on any atom is -0.504 e. The van der Waals surface area contributed by atoms with Crippen molar-refractivity contribution < 1.29 is 32.3 Å². The predicted molar refractivity (Wildman–Crippen MR) is 68.6 cm³/mol. The van der Waals surface area contributed by atoms with E-state index in [1.807, 2.05) is 0 Å². The van der Waals surface area contributed by atoms with Gasteiger partial charge in [-0.15, -0.1) is 15.9 Å². The van der Waals surface area contributed by atoms with E-state index in [0.717, 1.165) is 0 Å². The molecule has 0 fully saturated rings. The molecule has 2 N–H and O–H groups in total. The average molecular weight is 331 g/mol. The molecule has 0 aromatic heterocycles. The van der Waals surface area contributed by atoms with Crippen molar-refractivity contribution in [3.05, 3.63) is 17.7 Å². The van der Waals surface area contributed by atoms with E-state index in [1.165, 1.54) is 19.1 Å². The smallest absolute Gasteiger partial charge is 0.310 e. The van der Waals surface area contributed by atoms with Gasteiger partial charge in [0.05, 0.1) is 17.8 Å². The number of halogens is 1. The molecule has 19 heavy (non-hydrogen) atoms. The molecular formula is C9H11ClO7S2. The Morgan fingerprint density at radius 2 is 2.11 bits per heavy atom. The number of aryl methyl sites for hydroxylation is 1. The summed E-state index contributed by atoms with van der Waals surface area (Å²) in [6.07, 6.45) is 0. The van der Waals surface area contributed by atoms with Gasteiger partial charge in [-0.1, -0.05) is 5.04 Å². The van der Waals surface area contributed by atoms with Gasteiger partial charge in [-0.25, -0.2) is 5.26 Å². The summed E-state index contributed by atoms with van der Waals surface area (Å²) in [6, 6.07) is 2.68. The standard InChI is InChI=1S/C9H11ClO7S2/c1-6-4-7(18-17-16-12)5-8(11)9(6)15-19(13,14)3-2-10/h4-5,11-12H,2-3H2,1H3. The van der Waals surface area contributed by atoms with Gasteiger partial charge in [-0.2, -0.15) is 8.42 Å². The van der Waals surface area contributed by atoms with Gasteiger partial charge in [-0.05, 0) is 24.6 Å². The highest BCUT2D eigenvalue weighted by molar-refractivity contribution is 7.94. The monoisotopic (exact) mass is 330 g/mol. The number of phenolic OH excluding ortho intramolecular Hbond substituents is 1. The van der Waals surface area contributed by atoms with Crippen LogP contribution >= 0.6 is 23.6 Å². The third kappa shape index (κ3) is 5.05. The minimum absolute atomic E-state index is 0.113. The van der Waals surface area contributed by atoms with Crippen LogP contribution in [0.4, 0.5) is 0 Å².